The van der Waals surface area contributed by atoms with E-state index in [4.69, 9.17) is 16.3 Å². The minimum absolute atomic E-state index is 0.0599. The molecule has 1 aromatic rings. The average Bonchev–Trinajstić information content (AvgIpc) is 2.92. The number of hydrogen-bond donors (Lipinski definition) is 3. The average molecular weight is 353 g/mol. The van der Waals surface area contributed by atoms with Gasteiger partial charge in [-0.05, 0) is 45.0 Å². The largest absolute Gasteiger partial charge is 0.480 e. The van der Waals surface area contributed by atoms with E-state index in [2.05, 4.69) is 27.9 Å². The first-order valence-corrected chi connectivity index (χ1v) is 8.42. The van der Waals surface area contributed by atoms with Gasteiger partial charge in [-0.1, -0.05) is 11.6 Å². The number of likely N-dealkylation sites (tertiary alicyclic amines) is 1. The Bertz CT molecular complexity index is 652. The van der Waals surface area contributed by atoms with Crippen molar-refractivity contribution in [2.75, 3.05) is 37.4 Å². The number of nitrogens with one attached hydrogen (secondary N) is 3. The molecule has 3 N–H and O–H groups in total. The van der Waals surface area contributed by atoms with Crippen LogP contribution in [-0.2, 0) is 4.79 Å². The number of ether oxygens (including phenoxy) is 1. The molecule has 0 bridgehead atoms. The molecule has 1 aromatic carbocycles. The first-order chi connectivity index (χ1) is 11.5. The van der Waals surface area contributed by atoms with E-state index in [-0.39, 0.29) is 18.5 Å². The van der Waals surface area contributed by atoms with Crippen molar-refractivity contribution in [3.05, 3.63) is 17.2 Å². The third kappa shape index (κ3) is 3.91. The van der Waals surface area contributed by atoms with Crippen LogP contribution in [0.5, 0.6) is 5.75 Å². The van der Waals surface area contributed by atoms with Gasteiger partial charge in [0.25, 0.3) is 5.91 Å². The summed E-state index contributed by atoms with van der Waals surface area (Å²) in [6.07, 6.45) is 3.33. The van der Waals surface area contributed by atoms with Crippen molar-refractivity contribution in [1.82, 2.24) is 10.2 Å². The van der Waals surface area contributed by atoms with E-state index in [0.29, 0.717) is 34.7 Å². The Balaban J connectivity index is 1.53. The van der Waals surface area contributed by atoms with E-state index < -0.39 is 0 Å². The van der Waals surface area contributed by atoms with Gasteiger partial charge < -0.3 is 25.6 Å². The van der Waals surface area contributed by atoms with Gasteiger partial charge in [-0.3, -0.25) is 4.79 Å². The number of hydrogen-bond acceptors (Lipinski definition) is 4. The Morgan fingerprint density at radius 2 is 2.33 bits per heavy atom. The van der Waals surface area contributed by atoms with Gasteiger partial charge in [-0.25, -0.2) is 4.79 Å². The highest BCUT2D eigenvalue weighted by Gasteiger charge is 2.21. The minimum Gasteiger partial charge on any atom is -0.480 e. The van der Waals surface area contributed by atoms with Crippen LogP contribution in [0.2, 0.25) is 5.02 Å². The summed E-state index contributed by atoms with van der Waals surface area (Å²) in [5.41, 5.74) is 0.960. The second kappa shape index (κ2) is 7.27. The molecule has 7 nitrogen and oxygen atoms in total. The van der Waals surface area contributed by atoms with Crippen LogP contribution in [0, 0.1) is 0 Å². The Morgan fingerprint density at radius 1 is 1.50 bits per heavy atom. The summed E-state index contributed by atoms with van der Waals surface area (Å²) in [6, 6.07) is 3.47. The van der Waals surface area contributed by atoms with E-state index >= 15 is 0 Å². The number of nitrogens with zero attached hydrogens (tertiary/aromatic N) is 1. The third-order valence-corrected chi connectivity index (χ3v) is 4.64. The summed E-state index contributed by atoms with van der Waals surface area (Å²) in [5, 5.41) is 8.59. The number of rotatable bonds is 4. The number of urea groups is 1. The number of halogens is 1. The molecule has 130 valence electrons. The Labute approximate surface area is 145 Å². The molecule has 0 spiro atoms. The van der Waals surface area contributed by atoms with E-state index in [0.717, 1.165) is 13.0 Å². The predicted octanol–water partition coefficient (Wildman–Crippen LogP) is 2.28. The zero-order valence-corrected chi connectivity index (χ0v) is 14.3. The van der Waals surface area contributed by atoms with Crippen LogP contribution in [0.3, 0.4) is 0 Å². The normalized spacial score (nSPS) is 20.1. The van der Waals surface area contributed by atoms with Crippen LogP contribution in [0.4, 0.5) is 16.2 Å². The van der Waals surface area contributed by atoms with Crippen molar-refractivity contribution in [2.45, 2.75) is 25.3 Å². The molecule has 8 heteroatoms. The van der Waals surface area contributed by atoms with Crippen molar-refractivity contribution in [1.29, 1.82) is 0 Å². The zero-order valence-electron chi connectivity index (χ0n) is 13.5. The lowest BCUT2D eigenvalue weighted by Crippen LogP contribution is -2.34. The zero-order chi connectivity index (χ0) is 17.1. The Kier molecular flexibility index (Phi) is 5.11. The Hall–Kier alpha value is -1.99. The van der Waals surface area contributed by atoms with Gasteiger partial charge in [0, 0.05) is 18.3 Å². The molecule has 0 aliphatic carbocycles. The molecule has 0 radical (unpaired) electrons. The summed E-state index contributed by atoms with van der Waals surface area (Å²) < 4.78 is 5.28. The molecule has 1 atom stereocenters. The summed E-state index contributed by atoms with van der Waals surface area (Å²) in [7, 11) is 2.11. The van der Waals surface area contributed by atoms with E-state index in [1.54, 1.807) is 12.1 Å². The van der Waals surface area contributed by atoms with Crippen LogP contribution in [0.15, 0.2) is 12.1 Å². The van der Waals surface area contributed by atoms with Crippen molar-refractivity contribution in [3.63, 3.8) is 0 Å². The fraction of sp³-hybridized carbons (Fsp3) is 0.500. The lowest BCUT2D eigenvalue weighted by molar-refractivity contribution is -0.118. The molecule has 2 aliphatic heterocycles. The first-order valence-electron chi connectivity index (χ1n) is 8.04. The number of carbonyl (C=O) groups is 2. The van der Waals surface area contributed by atoms with E-state index in [1.165, 1.54) is 12.8 Å². The van der Waals surface area contributed by atoms with Gasteiger partial charge in [0.05, 0.1) is 10.7 Å². The second-order valence-electron chi connectivity index (χ2n) is 6.12. The van der Waals surface area contributed by atoms with Gasteiger partial charge in [0.2, 0.25) is 0 Å². The molecule has 1 fully saturated rings. The van der Waals surface area contributed by atoms with Gasteiger partial charge in [0.1, 0.15) is 0 Å². The lowest BCUT2D eigenvalue weighted by atomic mass is 10.1. The molecule has 2 heterocycles. The van der Waals surface area contributed by atoms with Crippen molar-refractivity contribution < 1.29 is 14.3 Å². The van der Waals surface area contributed by atoms with Gasteiger partial charge in [-0.15, -0.1) is 0 Å². The first kappa shape index (κ1) is 16.9. The maximum Gasteiger partial charge on any atom is 0.319 e. The van der Waals surface area contributed by atoms with Gasteiger partial charge >= 0.3 is 6.03 Å². The summed E-state index contributed by atoms with van der Waals surface area (Å²) in [6.45, 7) is 1.67. The predicted molar refractivity (Wildman–Crippen MR) is 92.9 cm³/mol. The fourth-order valence-electron chi connectivity index (χ4n) is 3.10. The molecule has 2 aliphatic rings. The molecule has 0 unspecified atom stereocenters. The molecule has 0 aromatic heterocycles. The van der Waals surface area contributed by atoms with Gasteiger partial charge in [-0.2, -0.15) is 0 Å². The fourth-order valence-corrected chi connectivity index (χ4v) is 3.37. The lowest BCUT2D eigenvalue weighted by Gasteiger charge is -2.21. The number of benzene rings is 1. The molecular formula is C16H21ClN4O3. The molecule has 0 saturated carbocycles. The minimum atomic E-state index is -0.297. The van der Waals surface area contributed by atoms with Crippen molar-refractivity contribution in [3.8, 4) is 5.75 Å². The van der Waals surface area contributed by atoms with Gasteiger partial charge in [0.15, 0.2) is 12.4 Å². The number of fused-ring (bicyclic) bond motifs is 1. The maximum atomic E-state index is 12.0. The van der Waals surface area contributed by atoms with Crippen LogP contribution in [-0.4, -0.2) is 49.6 Å². The molecule has 3 rings (SSSR count). The number of anilines is 2. The topological polar surface area (TPSA) is 82.7 Å². The second-order valence-corrected chi connectivity index (χ2v) is 6.53. The number of carbonyl (C=O) groups excluding carboxylic acids is 2. The van der Waals surface area contributed by atoms with Crippen LogP contribution in [0.25, 0.3) is 0 Å². The van der Waals surface area contributed by atoms with E-state index in [9.17, 15) is 9.59 Å². The summed E-state index contributed by atoms with van der Waals surface area (Å²) in [4.78, 5) is 25.7. The monoisotopic (exact) mass is 352 g/mol. The van der Waals surface area contributed by atoms with Crippen molar-refractivity contribution >= 4 is 34.9 Å². The van der Waals surface area contributed by atoms with Crippen LogP contribution >= 0.6 is 11.6 Å². The van der Waals surface area contributed by atoms with Crippen molar-refractivity contribution in [2.24, 2.45) is 0 Å². The molecule has 3 amide bonds. The highest BCUT2D eigenvalue weighted by molar-refractivity contribution is 6.33. The van der Waals surface area contributed by atoms with Crippen LogP contribution in [0.1, 0.15) is 19.3 Å². The van der Waals surface area contributed by atoms with E-state index in [1.807, 2.05) is 0 Å². The molecular weight excluding hydrogens is 332 g/mol. The highest BCUT2D eigenvalue weighted by atomic mass is 35.5. The third-order valence-electron chi connectivity index (χ3n) is 4.36. The maximum absolute atomic E-state index is 12.0. The number of amides is 3. The quantitative estimate of drug-likeness (QED) is 0.776. The summed E-state index contributed by atoms with van der Waals surface area (Å²) in [5.74, 6) is 0.173. The molecule has 1 saturated heterocycles. The smallest absolute Gasteiger partial charge is 0.319 e. The van der Waals surface area contributed by atoms with Crippen LogP contribution < -0.4 is 20.7 Å². The highest BCUT2D eigenvalue weighted by Crippen LogP contribution is 2.38. The summed E-state index contributed by atoms with van der Waals surface area (Å²) >= 11 is 6.13. The SMILES string of the molecule is CN1CCC[C@@H]1CCNC(=O)Nc1cc(Cl)c2c(c1)NC(=O)CO2. The Morgan fingerprint density at radius 3 is 3.08 bits per heavy atom. The standard InChI is InChI=1S/C16H21ClN4O3/c1-21-6-2-3-11(21)4-5-18-16(23)19-10-7-12(17)15-13(8-10)20-14(22)9-24-15/h7-8,11H,2-6,9H2,1H3,(H,20,22)(H2,18,19,23)/t11-/m1/s1. The molecule has 24 heavy (non-hydrogen) atoms.